The van der Waals surface area contributed by atoms with Crippen molar-refractivity contribution in [3.8, 4) is 5.75 Å². The molecule has 0 bridgehead atoms. The van der Waals surface area contributed by atoms with Crippen LogP contribution in [0.5, 0.6) is 5.75 Å². The van der Waals surface area contributed by atoms with Gasteiger partial charge in [0.25, 0.3) is 0 Å². The number of hydrogen-bond acceptors (Lipinski definition) is 3. The van der Waals surface area contributed by atoms with Gasteiger partial charge < -0.3 is 9.64 Å². The topological polar surface area (TPSA) is 32.8 Å². The van der Waals surface area contributed by atoms with Crippen LogP contribution >= 0.6 is 0 Å². The quantitative estimate of drug-likeness (QED) is 0.715. The smallest absolute Gasteiger partial charge is 0.222 e. The van der Waals surface area contributed by atoms with E-state index < -0.39 is 0 Å². The molecule has 1 aliphatic heterocycles. The molecular formula is C22H28N2O2. The predicted octanol–water partition coefficient (Wildman–Crippen LogP) is 3.50. The lowest BCUT2D eigenvalue weighted by Gasteiger charge is -2.35. The van der Waals surface area contributed by atoms with Crippen LogP contribution in [-0.2, 0) is 11.3 Å². The number of nitrogens with zero attached hydrogens (tertiary/aromatic N) is 2. The van der Waals surface area contributed by atoms with Crippen molar-refractivity contribution in [3.05, 3.63) is 65.7 Å². The molecule has 1 heterocycles. The number of benzene rings is 2. The third kappa shape index (κ3) is 5.60. The van der Waals surface area contributed by atoms with E-state index in [1.165, 1.54) is 11.1 Å². The first-order valence-corrected chi connectivity index (χ1v) is 9.44. The standard InChI is InChI=1S/C22H28N2O2/c1-19-7-5-8-20(17-19)18-23-12-14-24(15-13-23)22(25)11-6-16-26-21-9-3-2-4-10-21/h2-5,7-10,17H,6,11-16,18H2,1H3. The summed E-state index contributed by atoms with van der Waals surface area (Å²) in [6, 6.07) is 18.4. The first-order chi connectivity index (χ1) is 12.7. The van der Waals surface area contributed by atoms with Gasteiger partial charge in [-0.15, -0.1) is 0 Å². The Balaban J connectivity index is 1.34. The fraction of sp³-hybridized carbons (Fsp3) is 0.409. The predicted molar refractivity (Wildman–Crippen MR) is 104 cm³/mol. The van der Waals surface area contributed by atoms with Crippen LogP contribution in [-0.4, -0.2) is 48.5 Å². The van der Waals surface area contributed by atoms with Crippen molar-refractivity contribution in [1.29, 1.82) is 0 Å². The third-order valence-corrected chi connectivity index (χ3v) is 4.76. The largest absolute Gasteiger partial charge is 0.494 e. The molecule has 4 nitrogen and oxygen atoms in total. The van der Waals surface area contributed by atoms with Crippen molar-refractivity contribution in [1.82, 2.24) is 9.80 Å². The minimum Gasteiger partial charge on any atom is -0.494 e. The molecule has 2 aromatic carbocycles. The zero-order valence-corrected chi connectivity index (χ0v) is 15.6. The van der Waals surface area contributed by atoms with Crippen LogP contribution in [0.4, 0.5) is 0 Å². The van der Waals surface area contributed by atoms with Crippen molar-refractivity contribution in [3.63, 3.8) is 0 Å². The Hall–Kier alpha value is -2.33. The molecule has 4 heteroatoms. The van der Waals surface area contributed by atoms with Gasteiger partial charge >= 0.3 is 0 Å². The van der Waals surface area contributed by atoms with Gasteiger partial charge in [-0.3, -0.25) is 9.69 Å². The Morgan fingerprint density at radius 3 is 2.50 bits per heavy atom. The first-order valence-electron chi connectivity index (χ1n) is 9.44. The van der Waals surface area contributed by atoms with E-state index in [0.29, 0.717) is 13.0 Å². The van der Waals surface area contributed by atoms with Gasteiger partial charge in [-0.1, -0.05) is 48.0 Å². The highest BCUT2D eigenvalue weighted by atomic mass is 16.5. The highest BCUT2D eigenvalue weighted by molar-refractivity contribution is 5.76. The van der Waals surface area contributed by atoms with Gasteiger partial charge in [0, 0.05) is 39.1 Å². The molecule has 1 saturated heterocycles. The number of hydrogen-bond donors (Lipinski definition) is 0. The van der Waals surface area contributed by atoms with Gasteiger partial charge in [0.1, 0.15) is 5.75 Å². The van der Waals surface area contributed by atoms with E-state index in [-0.39, 0.29) is 5.91 Å². The van der Waals surface area contributed by atoms with E-state index in [9.17, 15) is 4.79 Å². The number of carbonyl (C=O) groups excluding carboxylic acids is 1. The molecule has 138 valence electrons. The van der Waals surface area contributed by atoms with Gasteiger partial charge in [0.15, 0.2) is 0 Å². The normalized spacial score (nSPS) is 15.0. The van der Waals surface area contributed by atoms with Crippen molar-refractivity contribution < 1.29 is 9.53 Å². The Morgan fingerprint density at radius 2 is 1.77 bits per heavy atom. The van der Waals surface area contributed by atoms with Gasteiger partial charge in [-0.25, -0.2) is 0 Å². The van der Waals surface area contributed by atoms with Gasteiger partial charge in [-0.2, -0.15) is 0 Å². The molecule has 0 saturated carbocycles. The number of para-hydroxylation sites is 1. The van der Waals surface area contributed by atoms with Gasteiger partial charge in [0.05, 0.1) is 6.61 Å². The SMILES string of the molecule is Cc1cccc(CN2CCN(C(=O)CCCOc3ccccc3)CC2)c1. The van der Waals surface area contributed by atoms with Crippen LogP contribution in [0.2, 0.25) is 0 Å². The molecule has 0 aromatic heterocycles. The molecule has 1 aliphatic rings. The Bertz CT molecular complexity index is 694. The van der Waals surface area contributed by atoms with Crippen LogP contribution < -0.4 is 4.74 Å². The number of ether oxygens (including phenoxy) is 1. The molecule has 1 fully saturated rings. The maximum atomic E-state index is 12.4. The lowest BCUT2D eigenvalue weighted by atomic mass is 10.1. The molecule has 26 heavy (non-hydrogen) atoms. The summed E-state index contributed by atoms with van der Waals surface area (Å²) in [4.78, 5) is 16.8. The van der Waals surface area contributed by atoms with Crippen molar-refractivity contribution in [2.75, 3.05) is 32.8 Å². The Labute approximate surface area is 156 Å². The molecule has 0 unspecified atom stereocenters. The second-order valence-corrected chi connectivity index (χ2v) is 6.91. The highest BCUT2D eigenvalue weighted by Crippen LogP contribution is 2.12. The van der Waals surface area contributed by atoms with Crippen LogP contribution in [0.15, 0.2) is 54.6 Å². The fourth-order valence-corrected chi connectivity index (χ4v) is 3.31. The van der Waals surface area contributed by atoms with Gasteiger partial charge in [0.2, 0.25) is 5.91 Å². The average Bonchev–Trinajstić information content (AvgIpc) is 2.66. The summed E-state index contributed by atoms with van der Waals surface area (Å²) in [5.74, 6) is 1.11. The summed E-state index contributed by atoms with van der Waals surface area (Å²) in [6.07, 6.45) is 1.32. The highest BCUT2D eigenvalue weighted by Gasteiger charge is 2.20. The van der Waals surface area contributed by atoms with Crippen LogP contribution in [0.25, 0.3) is 0 Å². The van der Waals surface area contributed by atoms with E-state index in [2.05, 4.69) is 36.1 Å². The minimum atomic E-state index is 0.247. The molecule has 0 N–H and O–H groups in total. The van der Waals surface area contributed by atoms with Crippen molar-refractivity contribution in [2.45, 2.75) is 26.3 Å². The number of piperazine rings is 1. The fourth-order valence-electron chi connectivity index (χ4n) is 3.31. The molecule has 2 aromatic rings. The van der Waals surface area contributed by atoms with Crippen LogP contribution in [0.1, 0.15) is 24.0 Å². The molecule has 0 atom stereocenters. The van der Waals surface area contributed by atoms with E-state index in [1.54, 1.807) is 0 Å². The van der Waals surface area contributed by atoms with E-state index in [1.807, 2.05) is 35.2 Å². The lowest BCUT2D eigenvalue weighted by Crippen LogP contribution is -2.48. The summed E-state index contributed by atoms with van der Waals surface area (Å²) in [5, 5.41) is 0. The molecular weight excluding hydrogens is 324 g/mol. The second kappa shape index (κ2) is 9.39. The Kier molecular flexibility index (Phi) is 6.67. The molecule has 3 rings (SSSR count). The zero-order valence-electron chi connectivity index (χ0n) is 15.6. The average molecular weight is 352 g/mol. The molecule has 0 spiro atoms. The van der Waals surface area contributed by atoms with E-state index in [4.69, 9.17) is 4.74 Å². The summed E-state index contributed by atoms with van der Waals surface area (Å²) in [7, 11) is 0. The van der Waals surface area contributed by atoms with Crippen molar-refractivity contribution in [2.24, 2.45) is 0 Å². The number of aryl methyl sites for hydroxylation is 1. The lowest BCUT2D eigenvalue weighted by molar-refractivity contribution is -0.133. The molecule has 1 amide bonds. The van der Waals surface area contributed by atoms with Gasteiger partial charge in [-0.05, 0) is 31.0 Å². The van der Waals surface area contributed by atoms with Crippen LogP contribution in [0, 0.1) is 6.92 Å². The van der Waals surface area contributed by atoms with E-state index >= 15 is 0 Å². The maximum absolute atomic E-state index is 12.4. The number of carbonyl (C=O) groups is 1. The first kappa shape index (κ1) is 18.5. The molecule has 0 aliphatic carbocycles. The van der Waals surface area contributed by atoms with E-state index in [0.717, 1.165) is 44.9 Å². The summed E-state index contributed by atoms with van der Waals surface area (Å²) in [6.45, 7) is 7.22. The Morgan fingerprint density at radius 1 is 1.00 bits per heavy atom. The second-order valence-electron chi connectivity index (χ2n) is 6.91. The zero-order chi connectivity index (χ0) is 18.2. The third-order valence-electron chi connectivity index (χ3n) is 4.76. The minimum absolute atomic E-state index is 0.247. The van der Waals surface area contributed by atoms with Crippen LogP contribution in [0.3, 0.4) is 0 Å². The summed E-state index contributed by atoms with van der Waals surface area (Å²) in [5.41, 5.74) is 2.65. The number of rotatable bonds is 7. The molecule has 0 radical (unpaired) electrons. The summed E-state index contributed by atoms with van der Waals surface area (Å²) < 4.78 is 5.66. The monoisotopic (exact) mass is 352 g/mol. The summed E-state index contributed by atoms with van der Waals surface area (Å²) >= 11 is 0. The number of amides is 1. The van der Waals surface area contributed by atoms with Crippen molar-refractivity contribution >= 4 is 5.91 Å². The maximum Gasteiger partial charge on any atom is 0.222 e.